The van der Waals surface area contributed by atoms with Crippen molar-refractivity contribution in [1.29, 1.82) is 0 Å². The van der Waals surface area contributed by atoms with Crippen LogP contribution in [-0.4, -0.2) is 33.0 Å². The average Bonchev–Trinajstić information content (AvgIpc) is 2.45. The Labute approximate surface area is 114 Å². The highest BCUT2D eigenvalue weighted by Gasteiger charge is 2.28. The largest absolute Gasteiger partial charge is 0.496 e. The first-order valence-corrected chi connectivity index (χ1v) is 6.48. The van der Waals surface area contributed by atoms with E-state index < -0.39 is 0 Å². The van der Waals surface area contributed by atoms with Crippen LogP contribution < -0.4 is 16.0 Å². The Kier molecular flexibility index (Phi) is 4.76. The third-order valence-corrected chi connectivity index (χ3v) is 3.64. The van der Waals surface area contributed by atoms with Gasteiger partial charge in [-0.25, -0.2) is 0 Å². The number of aryl methyl sites for hydroxylation is 1. The second-order valence-corrected chi connectivity index (χ2v) is 4.76. The Balaban J connectivity index is 2.34. The van der Waals surface area contributed by atoms with Crippen molar-refractivity contribution in [2.45, 2.75) is 26.0 Å². The van der Waals surface area contributed by atoms with Crippen molar-refractivity contribution in [2.24, 2.45) is 5.84 Å². The van der Waals surface area contributed by atoms with E-state index in [0.717, 1.165) is 16.9 Å². The van der Waals surface area contributed by atoms with Gasteiger partial charge in [0.15, 0.2) is 0 Å². The second kappa shape index (κ2) is 6.34. The van der Waals surface area contributed by atoms with E-state index in [1.54, 1.807) is 7.11 Å². The second-order valence-electron chi connectivity index (χ2n) is 4.76. The number of ether oxygens (including phenoxy) is 3. The Hall–Kier alpha value is -1.14. The molecule has 3 N–H and O–H groups in total. The predicted molar refractivity (Wildman–Crippen MR) is 73.1 cm³/mol. The summed E-state index contributed by atoms with van der Waals surface area (Å²) in [6, 6.07) is 3.96. The summed E-state index contributed by atoms with van der Waals surface area (Å²) in [6.07, 6.45) is -0.102. The highest BCUT2D eigenvalue weighted by Crippen LogP contribution is 2.33. The molecule has 1 saturated heterocycles. The number of nitrogens with two attached hydrogens (primary N) is 1. The first-order valence-electron chi connectivity index (χ1n) is 6.48. The Morgan fingerprint density at radius 1 is 1.37 bits per heavy atom. The number of nitrogens with one attached hydrogen (secondary N) is 1. The van der Waals surface area contributed by atoms with Crippen molar-refractivity contribution in [3.05, 3.63) is 28.8 Å². The number of hydrogen-bond acceptors (Lipinski definition) is 5. The molecule has 0 bridgehead atoms. The molecule has 0 aromatic heterocycles. The van der Waals surface area contributed by atoms with Gasteiger partial charge in [0.2, 0.25) is 0 Å². The van der Waals surface area contributed by atoms with E-state index in [-0.39, 0.29) is 12.1 Å². The fourth-order valence-electron chi connectivity index (χ4n) is 2.42. The maximum atomic E-state index is 5.73. The summed E-state index contributed by atoms with van der Waals surface area (Å²) in [6.45, 7) is 5.87. The molecule has 106 valence electrons. The van der Waals surface area contributed by atoms with E-state index in [0.29, 0.717) is 19.8 Å². The van der Waals surface area contributed by atoms with Gasteiger partial charge in [-0.1, -0.05) is 12.1 Å². The molecule has 0 radical (unpaired) electrons. The minimum absolute atomic E-state index is 0.102. The molecule has 2 unspecified atom stereocenters. The van der Waals surface area contributed by atoms with Gasteiger partial charge in [0.1, 0.15) is 11.9 Å². The van der Waals surface area contributed by atoms with Gasteiger partial charge in [0, 0.05) is 5.56 Å². The number of methoxy groups -OCH3 is 1. The van der Waals surface area contributed by atoms with E-state index in [1.165, 1.54) is 5.56 Å². The van der Waals surface area contributed by atoms with Crippen LogP contribution in [0, 0.1) is 13.8 Å². The van der Waals surface area contributed by atoms with Crippen LogP contribution in [0.3, 0.4) is 0 Å². The topological polar surface area (TPSA) is 65.7 Å². The standard InChI is InChI=1S/C14H22N2O3/c1-9-4-5-11(14(17-3)10(9)2)13(16-15)12-8-18-6-7-19-12/h4-5,12-13,16H,6-8,15H2,1-3H3. The molecule has 1 heterocycles. The van der Waals surface area contributed by atoms with E-state index in [2.05, 4.69) is 18.4 Å². The smallest absolute Gasteiger partial charge is 0.126 e. The van der Waals surface area contributed by atoms with Crippen LogP contribution in [0.25, 0.3) is 0 Å². The van der Waals surface area contributed by atoms with Crippen LogP contribution in [-0.2, 0) is 9.47 Å². The van der Waals surface area contributed by atoms with Crippen molar-refractivity contribution >= 4 is 0 Å². The van der Waals surface area contributed by atoms with Crippen LogP contribution in [0.5, 0.6) is 5.75 Å². The van der Waals surface area contributed by atoms with Crippen molar-refractivity contribution in [3.8, 4) is 5.75 Å². The summed E-state index contributed by atoms with van der Waals surface area (Å²) >= 11 is 0. The molecular weight excluding hydrogens is 244 g/mol. The lowest BCUT2D eigenvalue weighted by Gasteiger charge is -2.31. The van der Waals surface area contributed by atoms with E-state index in [1.807, 2.05) is 13.0 Å². The van der Waals surface area contributed by atoms with Gasteiger partial charge >= 0.3 is 0 Å². The fraction of sp³-hybridized carbons (Fsp3) is 0.571. The van der Waals surface area contributed by atoms with Crippen LogP contribution in [0.2, 0.25) is 0 Å². The lowest BCUT2D eigenvalue weighted by molar-refractivity contribution is -0.102. The SMILES string of the molecule is COc1c(C(NN)C2COCCO2)ccc(C)c1C. The van der Waals surface area contributed by atoms with E-state index in [4.69, 9.17) is 20.1 Å². The molecule has 1 aliphatic rings. The summed E-state index contributed by atoms with van der Waals surface area (Å²) in [5.41, 5.74) is 6.14. The Morgan fingerprint density at radius 3 is 2.74 bits per heavy atom. The molecule has 0 saturated carbocycles. The van der Waals surface area contributed by atoms with Crippen LogP contribution in [0.4, 0.5) is 0 Å². The molecule has 0 spiro atoms. The number of benzene rings is 1. The van der Waals surface area contributed by atoms with Gasteiger partial charge in [-0.3, -0.25) is 11.3 Å². The zero-order valence-corrected chi connectivity index (χ0v) is 11.7. The molecule has 19 heavy (non-hydrogen) atoms. The third kappa shape index (κ3) is 2.90. The Morgan fingerprint density at radius 2 is 2.16 bits per heavy atom. The van der Waals surface area contributed by atoms with Crippen molar-refractivity contribution in [1.82, 2.24) is 5.43 Å². The number of hydrazine groups is 1. The lowest BCUT2D eigenvalue weighted by Crippen LogP contribution is -2.43. The zero-order valence-electron chi connectivity index (χ0n) is 11.7. The minimum atomic E-state index is -0.144. The quantitative estimate of drug-likeness (QED) is 0.634. The molecule has 1 aliphatic heterocycles. The van der Waals surface area contributed by atoms with Crippen LogP contribution >= 0.6 is 0 Å². The van der Waals surface area contributed by atoms with Gasteiger partial charge in [0.25, 0.3) is 0 Å². The summed E-state index contributed by atoms with van der Waals surface area (Å²) in [7, 11) is 1.68. The molecule has 0 aliphatic carbocycles. The van der Waals surface area contributed by atoms with Crippen LogP contribution in [0.15, 0.2) is 12.1 Å². The molecule has 5 heteroatoms. The molecule has 5 nitrogen and oxygen atoms in total. The van der Waals surface area contributed by atoms with Gasteiger partial charge in [-0.05, 0) is 25.0 Å². The zero-order chi connectivity index (χ0) is 13.8. The fourth-order valence-corrected chi connectivity index (χ4v) is 2.42. The number of hydrogen-bond donors (Lipinski definition) is 2. The van der Waals surface area contributed by atoms with Crippen molar-refractivity contribution < 1.29 is 14.2 Å². The average molecular weight is 266 g/mol. The lowest BCUT2D eigenvalue weighted by atomic mass is 9.96. The summed E-state index contributed by atoms with van der Waals surface area (Å²) < 4.78 is 16.7. The maximum Gasteiger partial charge on any atom is 0.126 e. The molecular formula is C14H22N2O3. The predicted octanol–water partition coefficient (Wildman–Crippen LogP) is 1.23. The normalized spacial score (nSPS) is 21.2. The van der Waals surface area contributed by atoms with Gasteiger partial charge in [0.05, 0.1) is 33.0 Å². The summed E-state index contributed by atoms with van der Waals surface area (Å²) in [5, 5.41) is 0. The Bertz CT molecular complexity index is 431. The van der Waals surface area contributed by atoms with Crippen molar-refractivity contribution in [3.63, 3.8) is 0 Å². The highest BCUT2D eigenvalue weighted by atomic mass is 16.6. The molecule has 1 aromatic rings. The summed E-state index contributed by atoms with van der Waals surface area (Å²) in [5.74, 6) is 6.56. The summed E-state index contributed by atoms with van der Waals surface area (Å²) in [4.78, 5) is 0. The van der Waals surface area contributed by atoms with Gasteiger partial charge in [-0.2, -0.15) is 0 Å². The van der Waals surface area contributed by atoms with E-state index >= 15 is 0 Å². The first-order chi connectivity index (χ1) is 9.19. The number of rotatable bonds is 4. The third-order valence-electron chi connectivity index (χ3n) is 3.64. The molecule has 2 atom stereocenters. The molecule has 2 rings (SSSR count). The molecule has 0 amide bonds. The minimum Gasteiger partial charge on any atom is -0.496 e. The maximum absolute atomic E-state index is 5.73. The van der Waals surface area contributed by atoms with Crippen LogP contribution in [0.1, 0.15) is 22.7 Å². The van der Waals surface area contributed by atoms with Crippen molar-refractivity contribution in [2.75, 3.05) is 26.9 Å². The monoisotopic (exact) mass is 266 g/mol. The highest BCUT2D eigenvalue weighted by molar-refractivity contribution is 5.47. The van der Waals surface area contributed by atoms with E-state index in [9.17, 15) is 0 Å². The molecule has 1 fully saturated rings. The van der Waals surface area contributed by atoms with Gasteiger partial charge < -0.3 is 14.2 Å². The molecule has 1 aromatic carbocycles. The first kappa shape index (κ1) is 14.3. The van der Waals surface area contributed by atoms with Gasteiger partial charge in [-0.15, -0.1) is 0 Å².